The zero-order valence-electron chi connectivity index (χ0n) is 11.3. The van der Waals surface area contributed by atoms with Crippen molar-refractivity contribution in [1.82, 2.24) is 0 Å². The molecule has 0 radical (unpaired) electrons. The summed E-state index contributed by atoms with van der Waals surface area (Å²) in [5, 5.41) is -0.359. The maximum atomic E-state index is 13.4. The Balaban J connectivity index is 2.08. The van der Waals surface area contributed by atoms with Crippen LogP contribution in [0.4, 0.5) is 4.39 Å². The van der Waals surface area contributed by atoms with Crippen molar-refractivity contribution < 1.29 is 17.5 Å². The number of hydrogen-bond donors (Lipinski definition) is 0. The molecule has 6 heteroatoms. The minimum absolute atomic E-state index is 0.187. The van der Waals surface area contributed by atoms with Crippen LogP contribution in [-0.2, 0) is 15.7 Å². The summed E-state index contributed by atoms with van der Waals surface area (Å²) in [6.45, 7) is 0. The third-order valence-electron chi connectivity index (χ3n) is 3.57. The van der Waals surface area contributed by atoms with Gasteiger partial charge in [0, 0.05) is 24.6 Å². The minimum Gasteiger partial charge on any atom is -0.490 e. The number of hydrogen-bond acceptors (Lipinski definition) is 3. The first-order valence-corrected chi connectivity index (χ1v) is 9.08. The standard InChI is InChI=1S/C14H18ClFO3S/c1-20(17,18)14-4-2-3-12(8-14)19-13-6-10(9-15)5-11(16)7-13/h5-7,12,14H,2-4,8-9H2,1H3. The molecular weight excluding hydrogens is 303 g/mol. The lowest BCUT2D eigenvalue weighted by Gasteiger charge is -2.28. The maximum absolute atomic E-state index is 13.4. The van der Waals surface area contributed by atoms with E-state index in [1.807, 2.05) is 0 Å². The van der Waals surface area contributed by atoms with Crippen molar-refractivity contribution in [2.45, 2.75) is 42.9 Å². The Morgan fingerprint density at radius 3 is 2.75 bits per heavy atom. The van der Waals surface area contributed by atoms with Gasteiger partial charge in [-0.1, -0.05) is 0 Å². The first-order valence-electron chi connectivity index (χ1n) is 6.59. The largest absolute Gasteiger partial charge is 0.490 e. The number of sulfone groups is 1. The lowest BCUT2D eigenvalue weighted by molar-refractivity contribution is 0.155. The van der Waals surface area contributed by atoms with Gasteiger partial charge in [-0.3, -0.25) is 0 Å². The molecular formula is C14H18ClFO3S. The highest BCUT2D eigenvalue weighted by atomic mass is 35.5. The number of alkyl halides is 1. The van der Waals surface area contributed by atoms with Crippen LogP contribution in [0.25, 0.3) is 0 Å². The molecule has 2 unspecified atom stereocenters. The van der Waals surface area contributed by atoms with Crippen LogP contribution in [0.3, 0.4) is 0 Å². The Morgan fingerprint density at radius 2 is 2.10 bits per heavy atom. The topological polar surface area (TPSA) is 43.4 Å². The van der Waals surface area contributed by atoms with Crippen molar-refractivity contribution >= 4 is 21.4 Å². The summed E-state index contributed by atoms with van der Waals surface area (Å²) in [6.07, 6.45) is 3.81. The van der Waals surface area contributed by atoms with Gasteiger partial charge in [-0.25, -0.2) is 12.8 Å². The Kier molecular flexibility index (Phi) is 4.91. The van der Waals surface area contributed by atoms with E-state index in [1.54, 1.807) is 6.07 Å². The molecule has 1 fully saturated rings. The molecule has 0 spiro atoms. The van der Waals surface area contributed by atoms with Gasteiger partial charge in [0.1, 0.15) is 21.4 Å². The molecule has 1 saturated carbocycles. The van der Waals surface area contributed by atoms with Gasteiger partial charge in [0.2, 0.25) is 0 Å². The molecule has 0 N–H and O–H groups in total. The van der Waals surface area contributed by atoms with Gasteiger partial charge in [-0.15, -0.1) is 11.6 Å². The van der Waals surface area contributed by atoms with Crippen LogP contribution in [-0.4, -0.2) is 26.0 Å². The fraction of sp³-hybridized carbons (Fsp3) is 0.571. The predicted octanol–water partition coefficient (Wildman–Crippen LogP) is 3.30. The van der Waals surface area contributed by atoms with E-state index in [0.29, 0.717) is 24.2 Å². The van der Waals surface area contributed by atoms with Gasteiger partial charge in [0.25, 0.3) is 0 Å². The van der Waals surface area contributed by atoms with Gasteiger partial charge in [-0.05, 0) is 37.0 Å². The Bertz CT molecular complexity index is 574. The molecule has 1 aromatic rings. The fourth-order valence-corrected chi connectivity index (χ4v) is 3.87. The van der Waals surface area contributed by atoms with Crippen molar-refractivity contribution in [3.05, 3.63) is 29.6 Å². The van der Waals surface area contributed by atoms with E-state index < -0.39 is 15.7 Å². The molecule has 2 atom stereocenters. The average molecular weight is 321 g/mol. The summed E-state index contributed by atoms with van der Waals surface area (Å²) < 4.78 is 42.4. The van der Waals surface area contributed by atoms with Crippen LogP contribution < -0.4 is 4.74 Å². The molecule has 0 aliphatic heterocycles. The summed E-state index contributed by atoms with van der Waals surface area (Å²) in [4.78, 5) is 0. The third kappa shape index (κ3) is 4.09. The molecule has 112 valence electrons. The van der Waals surface area contributed by atoms with Crippen LogP contribution in [0, 0.1) is 5.82 Å². The summed E-state index contributed by atoms with van der Waals surface area (Å²) in [7, 11) is -3.05. The second-order valence-electron chi connectivity index (χ2n) is 5.29. The number of rotatable bonds is 4. The van der Waals surface area contributed by atoms with Crippen molar-refractivity contribution in [3.63, 3.8) is 0 Å². The molecule has 1 aromatic carbocycles. The molecule has 2 rings (SSSR count). The van der Waals surface area contributed by atoms with Crippen LogP contribution in [0.15, 0.2) is 18.2 Å². The van der Waals surface area contributed by atoms with E-state index in [0.717, 1.165) is 12.8 Å². The lowest BCUT2D eigenvalue weighted by Crippen LogP contribution is -2.33. The van der Waals surface area contributed by atoms with Gasteiger partial charge in [-0.2, -0.15) is 0 Å². The van der Waals surface area contributed by atoms with Crippen LogP contribution >= 0.6 is 11.6 Å². The van der Waals surface area contributed by atoms with E-state index in [2.05, 4.69) is 0 Å². The zero-order valence-corrected chi connectivity index (χ0v) is 12.9. The predicted molar refractivity (Wildman–Crippen MR) is 77.5 cm³/mol. The molecule has 0 bridgehead atoms. The van der Waals surface area contributed by atoms with E-state index in [9.17, 15) is 12.8 Å². The minimum atomic E-state index is -3.05. The van der Waals surface area contributed by atoms with Crippen LogP contribution in [0.5, 0.6) is 5.75 Å². The fourth-order valence-electron chi connectivity index (χ4n) is 2.56. The monoisotopic (exact) mass is 320 g/mol. The number of halogens is 2. The van der Waals surface area contributed by atoms with E-state index in [1.165, 1.54) is 18.4 Å². The molecule has 0 amide bonds. The Labute approximate surface area is 124 Å². The highest BCUT2D eigenvalue weighted by molar-refractivity contribution is 7.91. The first kappa shape index (κ1) is 15.6. The Hall–Kier alpha value is -0.810. The second kappa shape index (κ2) is 6.31. The number of ether oxygens (including phenoxy) is 1. The molecule has 1 aliphatic carbocycles. The summed E-state index contributed by atoms with van der Waals surface area (Å²) in [5.41, 5.74) is 0.650. The first-order chi connectivity index (χ1) is 9.38. The normalized spacial score (nSPS) is 23.6. The van der Waals surface area contributed by atoms with Gasteiger partial charge in [0.05, 0.1) is 11.4 Å². The smallest absolute Gasteiger partial charge is 0.150 e. The summed E-state index contributed by atoms with van der Waals surface area (Å²) in [5.74, 6) is 0.235. The summed E-state index contributed by atoms with van der Waals surface area (Å²) in [6, 6.07) is 4.36. The molecule has 0 saturated heterocycles. The highest BCUT2D eigenvalue weighted by Crippen LogP contribution is 2.28. The van der Waals surface area contributed by atoms with Crippen LogP contribution in [0.1, 0.15) is 31.2 Å². The average Bonchev–Trinajstić information content (AvgIpc) is 2.37. The SMILES string of the molecule is CS(=O)(=O)C1CCCC(Oc2cc(F)cc(CCl)c2)C1. The van der Waals surface area contributed by atoms with Gasteiger partial charge < -0.3 is 4.74 Å². The third-order valence-corrected chi connectivity index (χ3v) is 5.52. The molecule has 1 aliphatic rings. The Morgan fingerprint density at radius 1 is 1.35 bits per heavy atom. The van der Waals surface area contributed by atoms with Crippen molar-refractivity contribution in [2.24, 2.45) is 0 Å². The molecule has 0 heterocycles. The maximum Gasteiger partial charge on any atom is 0.150 e. The van der Waals surface area contributed by atoms with Gasteiger partial charge in [0.15, 0.2) is 0 Å². The van der Waals surface area contributed by atoms with Crippen LogP contribution in [0.2, 0.25) is 0 Å². The quantitative estimate of drug-likeness (QED) is 0.799. The van der Waals surface area contributed by atoms with Crippen molar-refractivity contribution in [1.29, 1.82) is 0 Å². The number of benzene rings is 1. The van der Waals surface area contributed by atoms with E-state index in [-0.39, 0.29) is 17.2 Å². The zero-order chi connectivity index (χ0) is 14.8. The molecule has 3 nitrogen and oxygen atoms in total. The van der Waals surface area contributed by atoms with Crippen molar-refractivity contribution in [2.75, 3.05) is 6.26 Å². The summed E-state index contributed by atoms with van der Waals surface area (Å²) >= 11 is 5.70. The van der Waals surface area contributed by atoms with E-state index >= 15 is 0 Å². The second-order valence-corrected chi connectivity index (χ2v) is 7.88. The molecule has 0 aromatic heterocycles. The van der Waals surface area contributed by atoms with Gasteiger partial charge >= 0.3 is 0 Å². The highest BCUT2D eigenvalue weighted by Gasteiger charge is 2.30. The lowest BCUT2D eigenvalue weighted by atomic mass is 9.97. The van der Waals surface area contributed by atoms with E-state index in [4.69, 9.17) is 16.3 Å². The van der Waals surface area contributed by atoms with Crippen molar-refractivity contribution in [3.8, 4) is 5.75 Å². The molecule has 20 heavy (non-hydrogen) atoms.